The molecule has 1 aromatic rings. The molecule has 1 amide bonds. The lowest BCUT2D eigenvalue weighted by Gasteiger charge is -2.24. The Bertz CT molecular complexity index is 568. The Morgan fingerprint density at radius 1 is 1.27 bits per heavy atom. The number of cyclic esters (lactones) is 1. The molecule has 2 saturated heterocycles. The number of amides is 1. The first-order chi connectivity index (χ1) is 10.5. The van der Waals surface area contributed by atoms with Gasteiger partial charge in [0.05, 0.1) is 6.54 Å². The van der Waals surface area contributed by atoms with Crippen LogP contribution in [0, 0.1) is 0 Å². The van der Waals surface area contributed by atoms with Crippen molar-refractivity contribution >= 4 is 28.9 Å². The molecule has 0 radical (unpaired) electrons. The number of carboxylic acids is 1. The molecule has 2 aliphatic heterocycles. The number of anilines is 1. The van der Waals surface area contributed by atoms with Gasteiger partial charge in [-0.15, -0.1) is 0 Å². The lowest BCUT2D eigenvalue weighted by molar-refractivity contribution is -0.144. The molecule has 118 valence electrons. The summed E-state index contributed by atoms with van der Waals surface area (Å²) >= 11 is -0.679. The average Bonchev–Trinajstić information content (AvgIpc) is 2.91. The molecule has 2 aliphatic rings. The predicted molar refractivity (Wildman–Crippen MR) is 81.5 cm³/mol. The van der Waals surface area contributed by atoms with E-state index >= 15 is 0 Å². The largest absolute Gasteiger partial charge is 0.616 e. The zero-order valence-electron chi connectivity index (χ0n) is 11.9. The Kier molecular flexibility index (Phi) is 4.26. The van der Waals surface area contributed by atoms with Crippen LogP contribution < -0.4 is 4.90 Å². The monoisotopic (exact) mass is 323 g/mol. The second-order valence-electron chi connectivity index (χ2n) is 5.54. The highest BCUT2D eigenvalue weighted by Crippen LogP contribution is 2.31. The number of hydrogen-bond donors (Lipinski definition) is 1. The molecule has 2 heterocycles. The molecule has 6 nitrogen and oxygen atoms in total. The van der Waals surface area contributed by atoms with Crippen molar-refractivity contribution in [1.82, 2.24) is 0 Å². The fraction of sp³-hybridized carbons (Fsp3) is 0.467. The Labute approximate surface area is 131 Å². The Hall–Kier alpha value is -1.73. The van der Waals surface area contributed by atoms with E-state index in [0.717, 1.165) is 24.3 Å². The minimum Gasteiger partial charge on any atom is -0.616 e. The number of benzene rings is 1. The molecule has 0 aromatic heterocycles. The Morgan fingerprint density at radius 3 is 2.45 bits per heavy atom. The highest BCUT2D eigenvalue weighted by molar-refractivity contribution is 7.91. The van der Waals surface area contributed by atoms with Crippen molar-refractivity contribution in [3.8, 4) is 0 Å². The summed E-state index contributed by atoms with van der Waals surface area (Å²) < 4.78 is 16.2. The van der Waals surface area contributed by atoms with E-state index < -0.39 is 29.3 Å². The number of nitrogens with zero attached hydrogens (tertiary/aromatic N) is 1. The number of carboxylic acid groups (broad SMARTS) is 1. The first-order valence-electron chi connectivity index (χ1n) is 7.20. The van der Waals surface area contributed by atoms with Gasteiger partial charge < -0.3 is 14.4 Å². The highest BCUT2D eigenvalue weighted by atomic mass is 32.2. The highest BCUT2D eigenvalue weighted by Gasteiger charge is 2.37. The van der Waals surface area contributed by atoms with E-state index in [1.165, 1.54) is 10.5 Å². The van der Waals surface area contributed by atoms with E-state index in [4.69, 9.17) is 9.84 Å². The maximum Gasteiger partial charge on any atom is 0.415 e. The topological polar surface area (TPSA) is 89.9 Å². The molecule has 1 N–H and O–H groups in total. The van der Waals surface area contributed by atoms with Crippen LogP contribution in [0.25, 0.3) is 0 Å². The van der Waals surface area contributed by atoms with Gasteiger partial charge >= 0.3 is 12.1 Å². The molecule has 1 aromatic carbocycles. The summed E-state index contributed by atoms with van der Waals surface area (Å²) in [4.78, 5) is 23.9. The van der Waals surface area contributed by atoms with Gasteiger partial charge in [-0.1, -0.05) is 23.3 Å². The smallest absolute Gasteiger partial charge is 0.415 e. The van der Waals surface area contributed by atoms with E-state index in [1.54, 1.807) is 0 Å². The molecule has 7 heteroatoms. The van der Waals surface area contributed by atoms with Gasteiger partial charge in [-0.05, 0) is 36.5 Å². The second-order valence-corrected chi connectivity index (χ2v) is 7.23. The number of carbonyl (C=O) groups is 2. The van der Waals surface area contributed by atoms with E-state index in [0.29, 0.717) is 11.6 Å². The van der Waals surface area contributed by atoms with Crippen LogP contribution in [0.5, 0.6) is 0 Å². The summed E-state index contributed by atoms with van der Waals surface area (Å²) in [7, 11) is 0. The van der Waals surface area contributed by atoms with Gasteiger partial charge in [0.25, 0.3) is 0 Å². The van der Waals surface area contributed by atoms with Crippen LogP contribution in [-0.4, -0.2) is 45.9 Å². The van der Waals surface area contributed by atoms with Gasteiger partial charge in [-0.3, -0.25) is 4.90 Å². The van der Waals surface area contributed by atoms with Crippen LogP contribution in [0.15, 0.2) is 24.3 Å². The molecule has 2 fully saturated rings. The standard InChI is InChI=1S/C15H17NO5S/c17-14(18)13-9-16(15(19)21-13)12-3-1-10(2-4-12)11-5-7-22(20)8-6-11/h1-4,11,13H,5-9H2,(H,17,18)/t11-,13-,22-/m1/s1. The van der Waals surface area contributed by atoms with Crippen molar-refractivity contribution in [2.45, 2.75) is 24.9 Å². The number of hydrogen-bond acceptors (Lipinski definition) is 4. The fourth-order valence-corrected chi connectivity index (χ4v) is 4.15. The number of ether oxygens (including phenoxy) is 1. The quantitative estimate of drug-likeness (QED) is 0.856. The molecule has 0 bridgehead atoms. The van der Waals surface area contributed by atoms with Crippen LogP contribution in [-0.2, 0) is 20.7 Å². The SMILES string of the molecule is O=C(O)[C@H]1CN(c2ccc([C@H]3CC[S@+]([O-])CC3)cc2)C(=O)O1. The number of aliphatic carboxylic acids is 1. The van der Waals surface area contributed by atoms with Crippen LogP contribution in [0.2, 0.25) is 0 Å². The van der Waals surface area contributed by atoms with Crippen molar-refractivity contribution < 1.29 is 24.0 Å². The van der Waals surface area contributed by atoms with Gasteiger partial charge in [-0.2, -0.15) is 0 Å². The molecular formula is C15H17NO5S. The minimum atomic E-state index is -1.14. The fourth-order valence-electron chi connectivity index (χ4n) is 2.86. The number of rotatable bonds is 3. The van der Waals surface area contributed by atoms with Gasteiger partial charge in [0.15, 0.2) is 0 Å². The predicted octanol–water partition coefficient (Wildman–Crippen LogP) is 1.72. The molecule has 22 heavy (non-hydrogen) atoms. The second kappa shape index (κ2) is 6.18. The Balaban J connectivity index is 1.69. The summed E-state index contributed by atoms with van der Waals surface area (Å²) in [5.74, 6) is 0.753. The third kappa shape index (κ3) is 3.05. The van der Waals surface area contributed by atoms with Crippen molar-refractivity contribution in [3.05, 3.63) is 29.8 Å². The van der Waals surface area contributed by atoms with Gasteiger partial charge in [0, 0.05) is 5.69 Å². The minimum absolute atomic E-state index is 0.0237. The molecule has 0 unspecified atom stereocenters. The van der Waals surface area contributed by atoms with E-state index in [2.05, 4.69) is 0 Å². The first kappa shape index (κ1) is 15.2. The van der Waals surface area contributed by atoms with Crippen LogP contribution in [0.1, 0.15) is 24.3 Å². The summed E-state index contributed by atoms with van der Waals surface area (Å²) in [6.07, 6.45) is 0.0890. The third-order valence-electron chi connectivity index (χ3n) is 4.15. The maximum absolute atomic E-state index is 11.7. The molecule has 0 aliphatic carbocycles. The molecule has 1 atom stereocenters. The van der Waals surface area contributed by atoms with Crippen LogP contribution in [0.4, 0.5) is 10.5 Å². The van der Waals surface area contributed by atoms with Crippen molar-refractivity contribution in [3.63, 3.8) is 0 Å². The van der Waals surface area contributed by atoms with Crippen molar-refractivity contribution in [2.24, 2.45) is 0 Å². The van der Waals surface area contributed by atoms with Crippen LogP contribution >= 0.6 is 0 Å². The average molecular weight is 323 g/mol. The zero-order chi connectivity index (χ0) is 15.7. The normalized spacial score (nSPS) is 28.5. The van der Waals surface area contributed by atoms with Gasteiger partial charge in [0.2, 0.25) is 6.10 Å². The van der Waals surface area contributed by atoms with Crippen LogP contribution in [0.3, 0.4) is 0 Å². The maximum atomic E-state index is 11.7. The summed E-state index contributed by atoms with van der Waals surface area (Å²) in [5, 5.41) is 8.90. The third-order valence-corrected chi connectivity index (χ3v) is 5.53. The molecule has 0 saturated carbocycles. The Morgan fingerprint density at radius 2 is 1.91 bits per heavy atom. The van der Waals surface area contributed by atoms with E-state index in [-0.39, 0.29) is 6.54 Å². The number of carbonyl (C=O) groups excluding carboxylic acids is 1. The summed E-state index contributed by atoms with van der Waals surface area (Å²) in [5.41, 5.74) is 1.81. The van der Waals surface area contributed by atoms with Gasteiger partial charge in [-0.25, -0.2) is 9.59 Å². The van der Waals surface area contributed by atoms with Crippen molar-refractivity contribution in [2.75, 3.05) is 23.0 Å². The van der Waals surface area contributed by atoms with E-state index in [1.807, 2.05) is 24.3 Å². The van der Waals surface area contributed by atoms with E-state index in [9.17, 15) is 14.1 Å². The molecule has 0 spiro atoms. The molecule has 3 rings (SSSR count). The summed E-state index contributed by atoms with van der Waals surface area (Å²) in [6.45, 7) is 0.0237. The summed E-state index contributed by atoms with van der Waals surface area (Å²) in [6, 6.07) is 7.53. The molecular weight excluding hydrogens is 306 g/mol. The lowest BCUT2D eigenvalue weighted by Crippen LogP contribution is -2.27. The first-order valence-corrected chi connectivity index (χ1v) is 8.69. The van der Waals surface area contributed by atoms with Gasteiger partial charge in [0.1, 0.15) is 11.5 Å². The van der Waals surface area contributed by atoms with Crippen molar-refractivity contribution in [1.29, 1.82) is 0 Å². The lowest BCUT2D eigenvalue weighted by atomic mass is 9.93. The zero-order valence-corrected chi connectivity index (χ0v) is 12.8.